The number of aromatic nitrogens is 3. The van der Waals surface area contributed by atoms with E-state index < -0.39 is 5.41 Å². The first-order valence-electron chi connectivity index (χ1n) is 7.39. The Balaban J connectivity index is 1.66. The summed E-state index contributed by atoms with van der Waals surface area (Å²) in [5.41, 5.74) is 0.243. The lowest BCUT2D eigenvalue weighted by Gasteiger charge is -2.23. The number of esters is 1. The quantitative estimate of drug-likeness (QED) is 0.725. The second-order valence-corrected chi connectivity index (χ2v) is 6.03. The van der Waals surface area contributed by atoms with Crippen molar-refractivity contribution in [3.8, 4) is 0 Å². The lowest BCUT2D eigenvalue weighted by Crippen LogP contribution is -2.41. The van der Waals surface area contributed by atoms with E-state index in [0.29, 0.717) is 37.5 Å². The van der Waals surface area contributed by atoms with Crippen LogP contribution in [0.3, 0.4) is 0 Å². The third-order valence-corrected chi connectivity index (χ3v) is 4.81. The summed E-state index contributed by atoms with van der Waals surface area (Å²) in [6, 6.07) is 3.50. The van der Waals surface area contributed by atoms with Gasteiger partial charge in [-0.1, -0.05) is 0 Å². The standard InChI is InChI=1S/C15H16N4O4/c1-22-14(21)15-7-19(5-10(15)6-23-8-15)13(20)11-3-2-4-18-9-16-17-12(11)18/h2-4,9-10H,5-8H2,1H3/t10-,15-/m0/s1. The van der Waals surface area contributed by atoms with E-state index in [1.54, 1.807) is 34.0 Å². The molecule has 8 nitrogen and oxygen atoms in total. The van der Waals surface area contributed by atoms with E-state index in [9.17, 15) is 9.59 Å². The number of carbonyl (C=O) groups excluding carboxylic acids is 2. The Hall–Kier alpha value is -2.48. The Bertz CT molecular complexity index is 789. The van der Waals surface area contributed by atoms with Gasteiger partial charge in [0.25, 0.3) is 5.91 Å². The Morgan fingerprint density at radius 3 is 3.17 bits per heavy atom. The van der Waals surface area contributed by atoms with Crippen molar-refractivity contribution in [1.82, 2.24) is 19.5 Å². The minimum Gasteiger partial charge on any atom is -0.468 e. The fourth-order valence-corrected chi connectivity index (χ4v) is 3.57. The molecule has 0 N–H and O–H groups in total. The van der Waals surface area contributed by atoms with Gasteiger partial charge >= 0.3 is 5.97 Å². The van der Waals surface area contributed by atoms with Crippen molar-refractivity contribution in [2.24, 2.45) is 11.3 Å². The van der Waals surface area contributed by atoms with E-state index in [2.05, 4.69) is 10.2 Å². The van der Waals surface area contributed by atoms with Crippen LogP contribution in [-0.4, -0.2) is 64.8 Å². The number of likely N-dealkylation sites (tertiary alicyclic amines) is 1. The molecule has 2 saturated heterocycles. The monoisotopic (exact) mass is 316 g/mol. The zero-order chi connectivity index (χ0) is 16.0. The predicted octanol–water partition coefficient (Wildman–Crippen LogP) is -0.00910. The summed E-state index contributed by atoms with van der Waals surface area (Å²) >= 11 is 0. The van der Waals surface area contributed by atoms with Gasteiger partial charge in [0.1, 0.15) is 11.7 Å². The van der Waals surface area contributed by atoms with Crippen LogP contribution in [-0.2, 0) is 14.3 Å². The highest BCUT2D eigenvalue weighted by atomic mass is 16.5. The summed E-state index contributed by atoms with van der Waals surface area (Å²) in [4.78, 5) is 26.8. The smallest absolute Gasteiger partial charge is 0.316 e. The molecule has 0 saturated carbocycles. The van der Waals surface area contributed by atoms with Crippen LogP contribution < -0.4 is 0 Å². The largest absolute Gasteiger partial charge is 0.468 e. The molecule has 2 fully saturated rings. The van der Waals surface area contributed by atoms with Crippen molar-refractivity contribution in [3.63, 3.8) is 0 Å². The molecule has 0 spiro atoms. The van der Waals surface area contributed by atoms with Crippen LogP contribution in [0.25, 0.3) is 5.65 Å². The number of hydrogen-bond donors (Lipinski definition) is 0. The number of carbonyl (C=O) groups is 2. The zero-order valence-electron chi connectivity index (χ0n) is 12.6. The molecule has 0 bridgehead atoms. The number of nitrogens with zero attached hydrogens (tertiary/aromatic N) is 4. The SMILES string of the molecule is COC(=O)[C@@]12COC[C@@H]1CN(C(=O)c1cccn3cnnc13)C2. The van der Waals surface area contributed by atoms with Gasteiger partial charge in [0, 0.05) is 25.2 Å². The first-order chi connectivity index (χ1) is 11.2. The summed E-state index contributed by atoms with van der Waals surface area (Å²) in [6.45, 7) is 1.54. The van der Waals surface area contributed by atoms with Crippen LogP contribution in [0.1, 0.15) is 10.4 Å². The zero-order valence-corrected chi connectivity index (χ0v) is 12.6. The molecular weight excluding hydrogens is 300 g/mol. The number of ether oxygens (including phenoxy) is 2. The van der Waals surface area contributed by atoms with Crippen molar-refractivity contribution in [1.29, 1.82) is 0 Å². The molecule has 23 heavy (non-hydrogen) atoms. The number of rotatable bonds is 2. The second kappa shape index (κ2) is 5.02. The van der Waals surface area contributed by atoms with Gasteiger partial charge in [-0.25, -0.2) is 0 Å². The molecule has 2 aliphatic rings. The maximum absolute atomic E-state index is 12.9. The van der Waals surface area contributed by atoms with Crippen LogP contribution in [0.5, 0.6) is 0 Å². The van der Waals surface area contributed by atoms with Crippen LogP contribution >= 0.6 is 0 Å². The van der Waals surface area contributed by atoms with Crippen LogP contribution in [0.4, 0.5) is 0 Å². The van der Waals surface area contributed by atoms with Gasteiger partial charge in [-0.2, -0.15) is 0 Å². The Morgan fingerprint density at radius 2 is 2.35 bits per heavy atom. The summed E-state index contributed by atoms with van der Waals surface area (Å²) in [5, 5.41) is 7.83. The number of pyridine rings is 1. The molecule has 8 heteroatoms. The first kappa shape index (κ1) is 14.1. The number of methoxy groups -OCH3 is 1. The van der Waals surface area contributed by atoms with Crippen molar-refractivity contribution in [3.05, 3.63) is 30.2 Å². The summed E-state index contributed by atoms with van der Waals surface area (Å²) in [7, 11) is 1.37. The van der Waals surface area contributed by atoms with Crippen molar-refractivity contribution < 1.29 is 19.1 Å². The highest BCUT2D eigenvalue weighted by Crippen LogP contribution is 2.42. The topological polar surface area (TPSA) is 86.0 Å². The predicted molar refractivity (Wildman–Crippen MR) is 77.6 cm³/mol. The minimum atomic E-state index is -0.747. The molecular formula is C15H16N4O4. The molecule has 0 aromatic carbocycles. The normalized spacial score (nSPS) is 26.5. The maximum atomic E-state index is 12.9. The molecule has 2 aliphatic heterocycles. The maximum Gasteiger partial charge on any atom is 0.316 e. The van der Waals surface area contributed by atoms with Gasteiger partial charge in [-0.3, -0.25) is 14.0 Å². The van der Waals surface area contributed by atoms with Crippen molar-refractivity contribution >= 4 is 17.5 Å². The third-order valence-electron chi connectivity index (χ3n) is 4.81. The van der Waals surface area contributed by atoms with Crippen molar-refractivity contribution in [2.45, 2.75) is 0 Å². The molecule has 0 unspecified atom stereocenters. The lowest BCUT2D eigenvalue weighted by atomic mass is 9.81. The van der Waals surface area contributed by atoms with Gasteiger partial charge in [0.05, 0.1) is 25.9 Å². The highest BCUT2D eigenvalue weighted by molar-refractivity contribution is 6.00. The van der Waals surface area contributed by atoms with E-state index in [1.807, 2.05) is 0 Å². The van der Waals surface area contributed by atoms with Crippen LogP contribution in [0, 0.1) is 11.3 Å². The van der Waals surface area contributed by atoms with Crippen LogP contribution in [0.2, 0.25) is 0 Å². The van der Waals surface area contributed by atoms with E-state index in [1.165, 1.54) is 7.11 Å². The molecule has 2 aromatic rings. The summed E-state index contributed by atoms with van der Waals surface area (Å²) in [6.07, 6.45) is 3.34. The average molecular weight is 316 g/mol. The average Bonchev–Trinajstić information content (AvgIpc) is 3.25. The van der Waals surface area contributed by atoms with E-state index >= 15 is 0 Å². The number of hydrogen-bond acceptors (Lipinski definition) is 6. The Kier molecular flexibility index (Phi) is 3.08. The molecule has 4 rings (SSSR count). The molecule has 2 atom stereocenters. The van der Waals surface area contributed by atoms with Gasteiger partial charge in [-0.05, 0) is 12.1 Å². The van der Waals surface area contributed by atoms with Gasteiger partial charge in [0.15, 0.2) is 5.65 Å². The minimum absolute atomic E-state index is 0.0310. The fourth-order valence-electron chi connectivity index (χ4n) is 3.57. The fraction of sp³-hybridized carbons (Fsp3) is 0.467. The van der Waals surface area contributed by atoms with Crippen molar-refractivity contribution in [2.75, 3.05) is 33.4 Å². The highest BCUT2D eigenvalue weighted by Gasteiger charge is 2.57. The molecule has 2 aromatic heterocycles. The Morgan fingerprint density at radius 1 is 1.48 bits per heavy atom. The van der Waals surface area contributed by atoms with E-state index in [-0.39, 0.29) is 17.8 Å². The Labute approximate surface area is 132 Å². The second-order valence-electron chi connectivity index (χ2n) is 6.03. The lowest BCUT2D eigenvalue weighted by molar-refractivity contribution is -0.153. The molecule has 0 radical (unpaired) electrons. The number of amides is 1. The molecule has 120 valence electrons. The molecule has 0 aliphatic carbocycles. The van der Waals surface area contributed by atoms with Gasteiger partial charge in [0.2, 0.25) is 0 Å². The third kappa shape index (κ3) is 1.94. The molecule has 1 amide bonds. The number of fused-ring (bicyclic) bond motifs is 2. The van der Waals surface area contributed by atoms with E-state index in [0.717, 1.165) is 0 Å². The van der Waals surface area contributed by atoms with Gasteiger partial charge < -0.3 is 14.4 Å². The summed E-state index contributed by atoms with van der Waals surface area (Å²) < 4.78 is 12.1. The van der Waals surface area contributed by atoms with Gasteiger partial charge in [-0.15, -0.1) is 10.2 Å². The summed E-state index contributed by atoms with van der Waals surface area (Å²) in [5.74, 6) is -0.492. The molecule has 4 heterocycles. The first-order valence-corrected chi connectivity index (χ1v) is 7.39. The van der Waals surface area contributed by atoms with E-state index in [4.69, 9.17) is 9.47 Å². The van der Waals surface area contributed by atoms with Crippen LogP contribution in [0.15, 0.2) is 24.7 Å².